The Morgan fingerprint density at radius 3 is 2.62 bits per heavy atom. The molecule has 2 heterocycles. The highest BCUT2D eigenvalue weighted by molar-refractivity contribution is 5.96. The predicted molar refractivity (Wildman–Crippen MR) is 84.1 cm³/mol. The van der Waals surface area contributed by atoms with Crippen LogP contribution in [-0.4, -0.2) is 21.9 Å². The molecule has 0 saturated heterocycles. The molecule has 21 heavy (non-hydrogen) atoms. The van der Waals surface area contributed by atoms with Gasteiger partial charge in [0, 0.05) is 40.5 Å². The summed E-state index contributed by atoms with van der Waals surface area (Å²) < 4.78 is 0. The van der Waals surface area contributed by atoms with Crippen molar-refractivity contribution in [2.45, 2.75) is 19.9 Å². The molecule has 4 heteroatoms. The third kappa shape index (κ3) is 2.65. The Morgan fingerprint density at radius 2 is 1.90 bits per heavy atom. The first-order valence-corrected chi connectivity index (χ1v) is 6.98. The molecule has 0 aliphatic heterocycles. The fourth-order valence-corrected chi connectivity index (χ4v) is 2.34. The van der Waals surface area contributed by atoms with Crippen molar-refractivity contribution in [3.05, 3.63) is 54.4 Å². The Balaban J connectivity index is 1.94. The van der Waals surface area contributed by atoms with Crippen molar-refractivity contribution in [2.24, 2.45) is 0 Å². The highest BCUT2D eigenvalue weighted by Gasteiger charge is 2.09. The second kappa shape index (κ2) is 5.40. The number of carbonyl (C=O) groups is 1. The molecule has 106 valence electrons. The summed E-state index contributed by atoms with van der Waals surface area (Å²) in [6.07, 6.45) is 3.69. The highest BCUT2D eigenvalue weighted by Crippen LogP contribution is 2.25. The molecule has 3 rings (SSSR count). The van der Waals surface area contributed by atoms with Gasteiger partial charge < -0.3 is 10.3 Å². The van der Waals surface area contributed by atoms with Crippen LogP contribution in [0.4, 0.5) is 0 Å². The molecule has 2 aromatic heterocycles. The van der Waals surface area contributed by atoms with Crippen LogP contribution in [0, 0.1) is 0 Å². The number of amides is 1. The van der Waals surface area contributed by atoms with Gasteiger partial charge in [0.1, 0.15) is 0 Å². The maximum absolute atomic E-state index is 11.9. The van der Waals surface area contributed by atoms with Crippen LogP contribution in [-0.2, 0) is 0 Å². The van der Waals surface area contributed by atoms with Gasteiger partial charge in [0.05, 0.1) is 5.69 Å². The van der Waals surface area contributed by atoms with Gasteiger partial charge in [0.2, 0.25) is 0 Å². The minimum Gasteiger partial charge on any atom is -0.361 e. The molecule has 0 saturated carbocycles. The molecule has 1 aromatic carbocycles. The van der Waals surface area contributed by atoms with E-state index in [4.69, 9.17) is 0 Å². The molecule has 2 N–H and O–H groups in total. The van der Waals surface area contributed by atoms with Gasteiger partial charge in [-0.2, -0.15) is 0 Å². The Hall–Kier alpha value is -2.62. The van der Waals surface area contributed by atoms with Crippen molar-refractivity contribution in [2.75, 3.05) is 0 Å². The van der Waals surface area contributed by atoms with Crippen LogP contribution in [0.3, 0.4) is 0 Å². The second-order valence-electron chi connectivity index (χ2n) is 5.30. The molecule has 0 aliphatic rings. The van der Waals surface area contributed by atoms with Gasteiger partial charge in [-0.3, -0.25) is 9.78 Å². The van der Waals surface area contributed by atoms with Crippen LogP contribution in [0.2, 0.25) is 0 Å². The monoisotopic (exact) mass is 279 g/mol. The van der Waals surface area contributed by atoms with Crippen LogP contribution >= 0.6 is 0 Å². The van der Waals surface area contributed by atoms with Crippen LogP contribution in [0.1, 0.15) is 24.2 Å². The van der Waals surface area contributed by atoms with Crippen molar-refractivity contribution in [3.8, 4) is 11.3 Å². The lowest BCUT2D eigenvalue weighted by molar-refractivity contribution is 0.0943. The number of nitrogens with one attached hydrogen (secondary N) is 2. The molecule has 1 amide bonds. The van der Waals surface area contributed by atoms with E-state index in [2.05, 4.69) is 15.3 Å². The van der Waals surface area contributed by atoms with E-state index in [0.717, 1.165) is 22.2 Å². The maximum Gasteiger partial charge on any atom is 0.251 e. The zero-order chi connectivity index (χ0) is 14.8. The summed E-state index contributed by atoms with van der Waals surface area (Å²) >= 11 is 0. The minimum atomic E-state index is -0.0515. The van der Waals surface area contributed by atoms with Crippen LogP contribution in [0.25, 0.3) is 22.2 Å². The van der Waals surface area contributed by atoms with Gasteiger partial charge in [0.25, 0.3) is 5.91 Å². The first-order chi connectivity index (χ1) is 10.1. The Labute approximate surface area is 123 Å². The van der Waals surface area contributed by atoms with Crippen molar-refractivity contribution < 1.29 is 4.79 Å². The van der Waals surface area contributed by atoms with Gasteiger partial charge in [-0.15, -0.1) is 0 Å². The largest absolute Gasteiger partial charge is 0.361 e. The minimum absolute atomic E-state index is 0.0515. The van der Waals surface area contributed by atoms with Gasteiger partial charge in [-0.05, 0) is 38.1 Å². The average Bonchev–Trinajstić information content (AvgIpc) is 2.95. The average molecular weight is 279 g/mol. The predicted octanol–water partition coefficient (Wildman–Crippen LogP) is 3.37. The van der Waals surface area contributed by atoms with Gasteiger partial charge >= 0.3 is 0 Å². The summed E-state index contributed by atoms with van der Waals surface area (Å²) in [5.41, 5.74) is 3.64. The number of benzene rings is 1. The molecule has 4 nitrogen and oxygen atoms in total. The lowest BCUT2D eigenvalue weighted by atomic mass is 10.1. The Kier molecular flexibility index (Phi) is 3.44. The Morgan fingerprint density at radius 1 is 1.14 bits per heavy atom. The number of carbonyl (C=O) groups excluding carboxylic acids is 1. The maximum atomic E-state index is 11.9. The topological polar surface area (TPSA) is 57.8 Å². The van der Waals surface area contributed by atoms with E-state index in [0.29, 0.717) is 5.56 Å². The molecule has 0 radical (unpaired) electrons. The van der Waals surface area contributed by atoms with E-state index in [9.17, 15) is 4.79 Å². The molecule has 0 bridgehead atoms. The van der Waals surface area contributed by atoms with Crippen molar-refractivity contribution >= 4 is 16.8 Å². The standard InChI is InChI=1S/C17H17N3O/c1-11(2)20-17(21)13-5-3-12(4-6-13)16-14-7-9-18-15(14)8-10-19-16/h3-11,18H,1-2H3,(H,20,21). The van der Waals surface area contributed by atoms with Gasteiger partial charge in [-0.1, -0.05) is 12.1 Å². The second-order valence-corrected chi connectivity index (χ2v) is 5.30. The molecule has 0 atom stereocenters. The number of H-pyrrole nitrogens is 1. The normalized spacial score (nSPS) is 11.0. The summed E-state index contributed by atoms with van der Waals surface area (Å²) in [4.78, 5) is 19.6. The first kappa shape index (κ1) is 13.4. The van der Waals surface area contributed by atoms with E-state index in [1.807, 2.05) is 56.4 Å². The summed E-state index contributed by atoms with van der Waals surface area (Å²) in [6.45, 7) is 3.89. The van der Waals surface area contributed by atoms with E-state index in [1.165, 1.54) is 0 Å². The smallest absolute Gasteiger partial charge is 0.251 e. The number of hydrogen-bond donors (Lipinski definition) is 2. The van der Waals surface area contributed by atoms with Crippen molar-refractivity contribution in [1.82, 2.24) is 15.3 Å². The number of aromatic amines is 1. The van der Waals surface area contributed by atoms with Crippen molar-refractivity contribution in [1.29, 1.82) is 0 Å². The SMILES string of the molecule is CC(C)NC(=O)c1ccc(-c2nccc3[nH]ccc23)cc1. The number of aromatic nitrogens is 2. The lowest BCUT2D eigenvalue weighted by Crippen LogP contribution is -2.29. The summed E-state index contributed by atoms with van der Waals surface area (Å²) in [6, 6.07) is 11.6. The fourth-order valence-electron chi connectivity index (χ4n) is 2.34. The van der Waals surface area contributed by atoms with Crippen molar-refractivity contribution in [3.63, 3.8) is 0 Å². The quantitative estimate of drug-likeness (QED) is 0.772. The molecule has 0 unspecified atom stereocenters. The molecule has 3 aromatic rings. The van der Waals surface area contributed by atoms with E-state index < -0.39 is 0 Å². The Bertz CT molecular complexity index is 772. The number of nitrogens with zero attached hydrogens (tertiary/aromatic N) is 1. The molecule has 0 fully saturated rings. The van der Waals surface area contributed by atoms with Crippen LogP contribution in [0.15, 0.2) is 48.8 Å². The summed E-state index contributed by atoms with van der Waals surface area (Å²) in [5, 5.41) is 3.96. The lowest BCUT2D eigenvalue weighted by Gasteiger charge is -2.09. The summed E-state index contributed by atoms with van der Waals surface area (Å²) in [7, 11) is 0. The molecule has 0 spiro atoms. The van der Waals surface area contributed by atoms with Gasteiger partial charge in [-0.25, -0.2) is 0 Å². The van der Waals surface area contributed by atoms with Crippen LogP contribution < -0.4 is 5.32 Å². The summed E-state index contributed by atoms with van der Waals surface area (Å²) in [5.74, 6) is -0.0515. The number of pyridine rings is 1. The zero-order valence-corrected chi connectivity index (χ0v) is 12.1. The van der Waals surface area contributed by atoms with E-state index in [-0.39, 0.29) is 11.9 Å². The first-order valence-electron chi connectivity index (χ1n) is 6.98. The highest BCUT2D eigenvalue weighted by atomic mass is 16.1. The molecular weight excluding hydrogens is 262 g/mol. The van der Waals surface area contributed by atoms with E-state index in [1.54, 1.807) is 6.20 Å². The third-order valence-corrected chi connectivity index (χ3v) is 3.32. The molecule has 0 aliphatic carbocycles. The van der Waals surface area contributed by atoms with Crippen LogP contribution in [0.5, 0.6) is 0 Å². The third-order valence-electron chi connectivity index (χ3n) is 3.32. The van der Waals surface area contributed by atoms with Gasteiger partial charge in [0.15, 0.2) is 0 Å². The van der Waals surface area contributed by atoms with E-state index >= 15 is 0 Å². The zero-order valence-electron chi connectivity index (χ0n) is 12.1. The number of hydrogen-bond acceptors (Lipinski definition) is 2. The fraction of sp³-hybridized carbons (Fsp3) is 0.176. The number of fused-ring (bicyclic) bond motifs is 1. The number of rotatable bonds is 3. The molecular formula is C17H17N3O.